The van der Waals surface area contributed by atoms with Crippen LogP contribution in [0.2, 0.25) is 0 Å². The van der Waals surface area contributed by atoms with Crippen molar-refractivity contribution in [1.82, 2.24) is 20.0 Å². The second kappa shape index (κ2) is 6.55. The van der Waals surface area contributed by atoms with E-state index in [1.807, 2.05) is 11.8 Å². The molecule has 2 N–H and O–H groups in total. The molecule has 1 aromatic rings. The van der Waals surface area contributed by atoms with Crippen LogP contribution in [0.1, 0.15) is 24.6 Å². The first-order chi connectivity index (χ1) is 10.3. The lowest BCUT2D eigenvalue weighted by molar-refractivity contribution is -0.142. The molecule has 1 aliphatic heterocycles. The molecule has 0 bridgehead atoms. The van der Waals surface area contributed by atoms with Crippen LogP contribution in [0.3, 0.4) is 0 Å². The number of guanidine groups is 1. The number of nitrogens with one attached hydrogen (secondary N) is 1. The zero-order valence-corrected chi connectivity index (χ0v) is 12.6. The fraction of sp³-hybridized carbons (Fsp3) is 0.692. The molecule has 0 unspecified atom stereocenters. The number of aliphatic hydroxyl groups is 1. The lowest BCUT2D eigenvalue weighted by atomic mass is 10.2. The molecular formula is C13H20F3N5O. The topological polar surface area (TPSA) is 65.7 Å². The number of rotatable bonds is 3. The first-order valence-corrected chi connectivity index (χ1v) is 7.12. The molecule has 2 heterocycles. The van der Waals surface area contributed by atoms with Crippen LogP contribution in [-0.2, 0) is 19.8 Å². The normalized spacial score (nSPS) is 19.8. The Balaban J connectivity index is 2.17. The second-order valence-corrected chi connectivity index (χ2v) is 5.23. The summed E-state index contributed by atoms with van der Waals surface area (Å²) in [6.45, 7) is 3.44. The molecule has 0 saturated carbocycles. The highest BCUT2D eigenvalue weighted by atomic mass is 19.4. The van der Waals surface area contributed by atoms with Gasteiger partial charge in [0, 0.05) is 38.4 Å². The van der Waals surface area contributed by atoms with Gasteiger partial charge in [0.2, 0.25) is 0 Å². The van der Waals surface area contributed by atoms with Crippen molar-refractivity contribution < 1.29 is 18.3 Å². The van der Waals surface area contributed by atoms with E-state index >= 15 is 0 Å². The molecule has 0 spiro atoms. The average Bonchev–Trinajstić information content (AvgIpc) is 3.00. The van der Waals surface area contributed by atoms with Gasteiger partial charge in [-0.15, -0.1) is 0 Å². The summed E-state index contributed by atoms with van der Waals surface area (Å²) in [5.41, 5.74) is -0.874. The number of β-amino-alcohol motifs (C(OH)–C–C–N with tert-alkyl or cyclic N) is 1. The number of nitrogens with zero attached hydrogens (tertiary/aromatic N) is 4. The molecule has 1 aliphatic rings. The van der Waals surface area contributed by atoms with Gasteiger partial charge in [-0.05, 0) is 13.3 Å². The van der Waals surface area contributed by atoms with Gasteiger partial charge in [0.15, 0.2) is 11.7 Å². The minimum atomic E-state index is -4.49. The van der Waals surface area contributed by atoms with E-state index in [9.17, 15) is 18.3 Å². The van der Waals surface area contributed by atoms with Crippen LogP contribution in [0.4, 0.5) is 13.2 Å². The number of halogens is 3. The standard InChI is InChI=1S/C13H20F3N5O/c1-3-17-12(21-5-4-10(22)8-21)18-6-9-7-20(2)19-11(9)13(14,15)16/h7,10,22H,3-6,8H2,1-2H3,(H,17,18)/t10-/m1/s1. The van der Waals surface area contributed by atoms with Gasteiger partial charge < -0.3 is 15.3 Å². The predicted octanol–water partition coefficient (Wildman–Crippen LogP) is 0.971. The fourth-order valence-corrected chi connectivity index (χ4v) is 2.41. The largest absolute Gasteiger partial charge is 0.435 e. The molecule has 1 fully saturated rings. The smallest absolute Gasteiger partial charge is 0.391 e. The summed E-state index contributed by atoms with van der Waals surface area (Å²) in [5.74, 6) is 0.510. The average molecular weight is 319 g/mol. The molecule has 1 atom stereocenters. The van der Waals surface area contributed by atoms with E-state index in [0.29, 0.717) is 32.0 Å². The van der Waals surface area contributed by atoms with Gasteiger partial charge in [-0.3, -0.25) is 4.68 Å². The van der Waals surface area contributed by atoms with Crippen molar-refractivity contribution in [3.05, 3.63) is 17.5 Å². The third kappa shape index (κ3) is 3.90. The number of aromatic nitrogens is 2. The van der Waals surface area contributed by atoms with E-state index in [1.54, 1.807) is 0 Å². The third-order valence-corrected chi connectivity index (χ3v) is 3.37. The third-order valence-electron chi connectivity index (χ3n) is 3.37. The molecule has 124 valence electrons. The van der Waals surface area contributed by atoms with Gasteiger partial charge in [-0.2, -0.15) is 18.3 Å². The van der Waals surface area contributed by atoms with Gasteiger partial charge in [0.05, 0.1) is 12.6 Å². The number of aliphatic hydroxyl groups excluding tert-OH is 1. The van der Waals surface area contributed by atoms with E-state index in [-0.39, 0.29) is 12.1 Å². The van der Waals surface area contributed by atoms with Gasteiger partial charge in [0.25, 0.3) is 0 Å². The lowest BCUT2D eigenvalue weighted by Gasteiger charge is -2.20. The SMILES string of the molecule is CCNC(=NCc1cn(C)nc1C(F)(F)F)N1CC[C@@H](O)C1. The van der Waals surface area contributed by atoms with E-state index in [1.165, 1.54) is 13.2 Å². The molecule has 6 nitrogen and oxygen atoms in total. The van der Waals surface area contributed by atoms with E-state index in [2.05, 4.69) is 15.4 Å². The summed E-state index contributed by atoms with van der Waals surface area (Å²) in [7, 11) is 1.45. The summed E-state index contributed by atoms with van der Waals surface area (Å²) in [5, 5.41) is 16.1. The van der Waals surface area contributed by atoms with Crippen LogP contribution in [-0.4, -0.2) is 51.5 Å². The van der Waals surface area contributed by atoms with Crippen LogP contribution in [0.15, 0.2) is 11.2 Å². The summed E-state index contributed by atoms with van der Waals surface area (Å²) in [4.78, 5) is 6.10. The Bertz CT molecular complexity index is 540. The maximum absolute atomic E-state index is 12.9. The quantitative estimate of drug-likeness (QED) is 0.644. The number of aryl methyl sites for hydroxylation is 1. The minimum Gasteiger partial charge on any atom is -0.391 e. The van der Waals surface area contributed by atoms with Gasteiger partial charge in [-0.25, -0.2) is 4.99 Å². The van der Waals surface area contributed by atoms with Gasteiger partial charge in [-0.1, -0.05) is 0 Å². The number of hydrogen-bond donors (Lipinski definition) is 2. The Hall–Kier alpha value is -1.77. The molecule has 1 saturated heterocycles. The zero-order chi connectivity index (χ0) is 16.3. The first-order valence-electron chi connectivity index (χ1n) is 7.12. The number of aliphatic imine (C=N–C) groups is 1. The summed E-state index contributed by atoms with van der Waals surface area (Å²) in [6.07, 6.45) is -2.96. The Morgan fingerprint density at radius 2 is 2.27 bits per heavy atom. The Morgan fingerprint density at radius 1 is 1.55 bits per heavy atom. The fourth-order valence-electron chi connectivity index (χ4n) is 2.41. The van der Waals surface area contributed by atoms with Crippen molar-refractivity contribution in [3.63, 3.8) is 0 Å². The number of hydrogen-bond acceptors (Lipinski definition) is 3. The number of alkyl halides is 3. The van der Waals surface area contributed by atoms with Crippen LogP contribution < -0.4 is 5.32 Å². The minimum absolute atomic E-state index is 0.0325. The highest BCUT2D eigenvalue weighted by Crippen LogP contribution is 2.30. The van der Waals surface area contributed by atoms with E-state index < -0.39 is 18.0 Å². The van der Waals surface area contributed by atoms with Crippen molar-refractivity contribution >= 4 is 5.96 Å². The van der Waals surface area contributed by atoms with Crippen molar-refractivity contribution in [2.45, 2.75) is 32.2 Å². The Labute approximate surface area is 126 Å². The molecule has 2 rings (SSSR count). The highest BCUT2D eigenvalue weighted by molar-refractivity contribution is 5.80. The van der Waals surface area contributed by atoms with Gasteiger partial charge >= 0.3 is 6.18 Å². The van der Waals surface area contributed by atoms with Crippen LogP contribution in [0.25, 0.3) is 0 Å². The van der Waals surface area contributed by atoms with Crippen molar-refractivity contribution in [3.8, 4) is 0 Å². The van der Waals surface area contributed by atoms with Crippen LogP contribution in [0.5, 0.6) is 0 Å². The van der Waals surface area contributed by atoms with Gasteiger partial charge in [0.1, 0.15) is 0 Å². The van der Waals surface area contributed by atoms with Crippen molar-refractivity contribution in [1.29, 1.82) is 0 Å². The van der Waals surface area contributed by atoms with Crippen molar-refractivity contribution in [2.24, 2.45) is 12.0 Å². The second-order valence-electron chi connectivity index (χ2n) is 5.23. The molecule has 9 heteroatoms. The zero-order valence-electron chi connectivity index (χ0n) is 12.6. The summed E-state index contributed by atoms with van der Waals surface area (Å²) >= 11 is 0. The monoisotopic (exact) mass is 319 g/mol. The van der Waals surface area contributed by atoms with Crippen molar-refractivity contribution in [2.75, 3.05) is 19.6 Å². The maximum atomic E-state index is 12.9. The lowest BCUT2D eigenvalue weighted by Crippen LogP contribution is -2.40. The Morgan fingerprint density at radius 3 is 2.82 bits per heavy atom. The maximum Gasteiger partial charge on any atom is 0.435 e. The molecule has 0 amide bonds. The molecule has 22 heavy (non-hydrogen) atoms. The van der Waals surface area contributed by atoms with Crippen LogP contribution >= 0.6 is 0 Å². The molecule has 1 aromatic heterocycles. The Kier molecular flexibility index (Phi) is 4.94. The molecule has 0 radical (unpaired) electrons. The van der Waals surface area contributed by atoms with E-state index in [0.717, 1.165) is 4.68 Å². The molecular weight excluding hydrogens is 299 g/mol. The summed E-state index contributed by atoms with van der Waals surface area (Å²) < 4.78 is 39.8. The number of likely N-dealkylation sites (tertiary alicyclic amines) is 1. The molecule has 0 aromatic carbocycles. The predicted molar refractivity (Wildman–Crippen MR) is 75.2 cm³/mol. The molecule has 0 aliphatic carbocycles. The summed E-state index contributed by atoms with van der Waals surface area (Å²) in [6, 6.07) is 0. The van der Waals surface area contributed by atoms with E-state index in [4.69, 9.17) is 0 Å². The first kappa shape index (κ1) is 16.6. The highest BCUT2D eigenvalue weighted by Gasteiger charge is 2.36. The van der Waals surface area contributed by atoms with Crippen LogP contribution in [0, 0.1) is 0 Å².